The zero-order valence-corrected chi connectivity index (χ0v) is 11.6. The number of halogens is 1. The van der Waals surface area contributed by atoms with Gasteiger partial charge in [-0.2, -0.15) is 0 Å². The van der Waals surface area contributed by atoms with Crippen LogP contribution in [-0.2, 0) is 4.74 Å². The van der Waals surface area contributed by atoms with E-state index in [0.717, 1.165) is 23.5 Å². The highest BCUT2D eigenvalue weighted by Crippen LogP contribution is 2.35. The van der Waals surface area contributed by atoms with Crippen LogP contribution in [0.2, 0.25) is 5.02 Å². The lowest BCUT2D eigenvalue weighted by molar-refractivity contribution is 0.127. The number of thioether (sulfide) groups is 1. The smallest absolute Gasteiger partial charge is 0.0776 e. The van der Waals surface area contributed by atoms with Crippen LogP contribution in [0.1, 0.15) is 31.9 Å². The molecule has 0 radical (unpaired) electrons. The van der Waals surface area contributed by atoms with E-state index in [-0.39, 0.29) is 0 Å². The van der Waals surface area contributed by atoms with Crippen LogP contribution in [0.25, 0.3) is 0 Å². The number of rotatable bonds is 3. The molecule has 0 bridgehead atoms. The van der Waals surface area contributed by atoms with Crippen LogP contribution < -0.4 is 0 Å². The highest BCUT2D eigenvalue weighted by molar-refractivity contribution is 8.00. The van der Waals surface area contributed by atoms with Crippen molar-refractivity contribution in [2.75, 3.05) is 6.61 Å². The van der Waals surface area contributed by atoms with Crippen LogP contribution in [0.3, 0.4) is 0 Å². The molecule has 0 amide bonds. The zero-order chi connectivity index (χ0) is 12.4. The van der Waals surface area contributed by atoms with E-state index in [9.17, 15) is 5.11 Å². The number of aliphatic hydroxyl groups is 1. The van der Waals surface area contributed by atoms with Gasteiger partial charge in [-0.1, -0.05) is 17.7 Å². The fraction of sp³-hybridized carbons (Fsp3) is 0.538. The normalized spacial score (nSPS) is 26.1. The van der Waals surface area contributed by atoms with Gasteiger partial charge in [0.05, 0.1) is 12.2 Å². The number of aliphatic hydroxyl groups excluding tert-OH is 1. The van der Waals surface area contributed by atoms with Crippen molar-refractivity contribution in [1.29, 1.82) is 0 Å². The molecule has 17 heavy (non-hydrogen) atoms. The van der Waals surface area contributed by atoms with Gasteiger partial charge in [0.2, 0.25) is 0 Å². The van der Waals surface area contributed by atoms with Gasteiger partial charge in [0.1, 0.15) is 0 Å². The second kappa shape index (κ2) is 5.61. The van der Waals surface area contributed by atoms with E-state index in [4.69, 9.17) is 16.3 Å². The van der Waals surface area contributed by atoms with Crippen LogP contribution >= 0.6 is 23.4 Å². The lowest BCUT2D eigenvalue weighted by Crippen LogP contribution is -2.12. The van der Waals surface area contributed by atoms with Gasteiger partial charge in [-0.15, -0.1) is 11.8 Å². The van der Waals surface area contributed by atoms with Gasteiger partial charge in [-0.05, 0) is 38.0 Å². The van der Waals surface area contributed by atoms with Gasteiger partial charge in [0, 0.05) is 21.8 Å². The molecule has 0 saturated carbocycles. The molecule has 1 aliphatic heterocycles. The Bertz CT molecular complexity index is 395. The van der Waals surface area contributed by atoms with Crippen molar-refractivity contribution in [3.05, 3.63) is 28.8 Å². The third-order valence-corrected chi connectivity index (χ3v) is 4.79. The molecule has 3 unspecified atom stereocenters. The van der Waals surface area contributed by atoms with E-state index in [2.05, 4.69) is 6.92 Å². The fourth-order valence-electron chi connectivity index (χ4n) is 1.96. The van der Waals surface area contributed by atoms with Crippen molar-refractivity contribution in [3.8, 4) is 0 Å². The molecule has 1 aromatic carbocycles. The maximum absolute atomic E-state index is 9.51. The van der Waals surface area contributed by atoms with Crippen LogP contribution in [0, 0.1) is 0 Å². The van der Waals surface area contributed by atoms with Gasteiger partial charge < -0.3 is 9.84 Å². The minimum Gasteiger partial charge on any atom is -0.389 e. The van der Waals surface area contributed by atoms with Crippen LogP contribution in [0.5, 0.6) is 0 Å². The molecule has 1 fully saturated rings. The number of ether oxygens (including phenoxy) is 1. The molecule has 3 atom stereocenters. The van der Waals surface area contributed by atoms with Crippen molar-refractivity contribution >= 4 is 23.4 Å². The van der Waals surface area contributed by atoms with Crippen molar-refractivity contribution in [2.45, 2.75) is 42.6 Å². The molecular formula is C13H17ClO2S. The molecule has 94 valence electrons. The molecule has 2 nitrogen and oxygen atoms in total. The fourth-order valence-corrected chi connectivity index (χ4v) is 3.53. The van der Waals surface area contributed by atoms with Gasteiger partial charge in [-0.3, -0.25) is 0 Å². The van der Waals surface area contributed by atoms with E-state index in [1.54, 1.807) is 18.7 Å². The average Bonchev–Trinajstić information content (AvgIpc) is 2.64. The molecule has 1 N–H and O–H groups in total. The summed E-state index contributed by atoms with van der Waals surface area (Å²) in [6.07, 6.45) is 0.868. The predicted molar refractivity (Wildman–Crippen MR) is 71.8 cm³/mol. The lowest BCUT2D eigenvalue weighted by Gasteiger charge is -2.15. The molecule has 1 heterocycles. The molecule has 1 saturated heterocycles. The highest BCUT2D eigenvalue weighted by atomic mass is 35.5. The first-order valence-electron chi connectivity index (χ1n) is 5.83. The molecule has 0 spiro atoms. The van der Waals surface area contributed by atoms with E-state index >= 15 is 0 Å². The van der Waals surface area contributed by atoms with E-state index in [1.165, 1.54) is 0 Å². The molecule has 0 aromatic heterocycles. The molecule has 0 aliphatic carbocycles. The van der Waals surface area contributed by atoms with Crippen molar-refractivity contribution in [3.63, 3.8) is 0 Å². The molecule has 1 aliphatic rings. The number of hydrogen-bond acceptors (Lipinski definition) is 3. The van der Waals surface area contributed by atoms with Gasteiger partial charge in [0.25, 0.3) is 0 Å². The summed E-state index contributed by atoms with van der Waals surface area (Å²) in [5, 5.41) is 10.6. The maximum atomic E-state index is 9.51. The largest absolute Gasteiger partial charge is 0.389 e. The molecular weight excluding hydrogens is 256 g/mol. The summed E-state index contributed by atoms with van der Waals surface area (Å²) in [6, 6.07) is 5.85. The van der Waals surface area contributed by atoms with Crippen molar-refractivity contribution < 1.29 is 9.84 Å². The first-order chi connectivity index (χ1) is 8.08. The Balaban J connectivity index is 2.09. The second-order valence-corrected chi connectivity index (χ2v) is 6.10. The number of hydrogen-bond donors (Lipinski definition) is 1. The summed E-state index contributed by atoms with van der Waals surface area (Å²) in [6.45, 7) is 4.68. The quantitative estimate of drug-likeness (QED) is 0.911. The maximum Gasteiger partial charge on any atom is 0.0776 e. The van der Waals surface area contributed by atoms with Gasteiger partial charge >= 0.3 is 0 Å². The first kappa shape index (κ1) is 13.2. The summed E-state index contributed by atoms with van der Waals surface area (Å²) in [4.78, 5) is 1.14. The Labute approximate surface area is 111 Å². The Morgan fingerprint density at radius 3 is 2.82 bits per heavy atom. The minimum absolute atomic E-state index is 0.301. The first-order valence-corrected chi connectivity index (χ1v) is 7.09. The summed E-state index contributed by atoms with van der Waals surface area (Å²) in [5.74, 6) is 0. The Kier molecular flexibility index (Phi) is 4.36. The SMILES string of the molecule is CC(O)c1ccc(SC2CCOC2C)cc1Cl. The average molecular weight is 273 g/mol. The standard InChI is InChI=1S/C13H17ClO2S/c1-8(15)11-4-3-10(7-12(11)14)17-13-5-6-16-9(13)2/h3-4,7-9,13,15H,5-6H2,1-2H3. The summed E-state index contributed by atoms with van der Waals surface area (Å²) in [5.41, 5.74) is 0.784. The Hall–Kier alpha value is -0.220. The van der Waals surface area contributed by atoms with Crippen LogP contribution in [-0.4, -0.2) is 23.1 Å². The lowest BCUT2D eigenvalue weighted by atomic mass is 10.1. The van der Waals surface area contributed by atoms with Crippen LogP contribution in [0.4, 0.5) is 0 Å². The highest BCUT2D eigenvalue weighted by Gasteiger charge is 2.25. The van der Waals surface area contributed by atoms with Crippen molar-refractivity contribution in [1.82, 2.24) is 0 Å². The molecule has 4 heteroatoms. The van der Waals surface area contributed by atoms with Crippen molar-refractivity contribution in [2.24, 2.45) is 0 Å². The summed E-state index contributed by atoms with van der Waals surface area (Å²) in [7, 11) is 0. The monoisotopic (exact) mass is 272 g/mol. The van der Waals surface area contributed by atoms with E-state index < -0.39 is 6.10 Å². The predicted octanol–water partition coefficient (Wildman–Crippen LogP) is 3.66. The molecule has 2 rings (SSSR count). The van der Waals surface area contributed by atoms with Crippen LogP contribution in [0.15, 0.2) is 23.1 Å². The Morgan fingerprint density at radius 2 is 2.29 bits per heavy atom. The third kappa shape index (κ3) is 3.16. The third-order valence-electron chi connectivity index (χ3n) is 3.02. The van der Waals surface area contributed by atoms with Gasteiger partial charge in [-0.25, -0.2) is 0 Å². The van der Waals surface area contributed by atoms with E-state index in [0.29, 0.717) is 16.4 Å². The topological polar surface area (TPSA) is 29.5 Å². The zero-order valence-electron chi connectivity index (χ0n) is 10.0. The summed E-state index contributed by atoms with van der Waals surface area (Å²) >= 11 is 7.94. The summed E-state index contributed by atoms with van der Waals surface area (Å²) < 4.78 is 5.54. The minimum atomic E-state index is -0.518. The van der Waals surface area contributed by atoms with E-state index in [1.807, 2.05) is 18.2 Å². The van der Waals surface area contributed by atoms with Gasteiger partial charge in [0.15, 0.2) is 0 Å². The Morgan fingerprint density at radius 1 is 1.53 bits per heavy atom. The second-order valence-electron chi connectivity index (χ2n) is 4.38. The number of benzene rings is 1. The molecule has 1 aromatic rings.